The lowest BCUT2D eigenvalue weighted by atomic mass is 10.2. The number of nitrogens with zero attached hydrogens (tertiary/aromatic N) is 2. The lowest BCUT2D eigenvalue weighted by Crippen LogP contribution is -2.34. The molecule has 25 heavy (non-hydrogen) atoms. The Morgan fingerprint density at radius 3 is 3.04 bits per heavy atom. The molecule has 1 aliphatic heterocycles. The highest BCUT2D eigenvalue weighted by Gasteiger charge is 2.25. The molecule has 0 bridgehead atoms. The van der Waals surface area contributed by atoms with Crippen LogP contribution < -0.4 is 10.9 Å². The third kappa shape index (κ3) is 3.20. The smallest absolute Gasteiger partial charge is 0.297 e. The van der Waals surface area contributed by atoms with Crippen molar-refractivity contribution in [2.24, 2.45) is 0 Å². The van der Waals surface area contributed by atoms with E-state index in [4.69, 9.17) is 16.3 Å². The van der Waals surface area contributed by atoms with Crippen LogP contribution in [-0.4, -0.2) is 27.2 Å². The average molecular weight is 366 g/mol. The van der Waals surface area contributed by atoms with Crippen molar-refractivity contribution >= 4 is 23.3 Å². The van der Waals surface area contributed by atoms with Gasteiger partial charge in [-0.05, 0) is 23.8 Å². The van der Waals surface area contributed by atoms with Crippen LogP contribution >= 0.6 is 11.6 Å². The molecule has 0 aliphatic carbocycles. The maximum absolute atomic E-state index is 13.3. The molecule has 1 aromatic carbocycles. The second-order valence-corrected chi connectivity index (χ2v) is 5.69. The predicted molar refractivity (Wildman–Crippen MR) is 87.7 cm³/mol. The molecule has 0 fully saturated rings. The van der Waals surface area contributed by atoms with Crippen molar-refractivity contribution in [1.82, 2.24) is 14.9 Å². The van der Waals surface area contributed by atoms with E-state index in [-0.39, 0.29) is 36.3 Å². The molecule has 7 nitrogen and oxygen atoms in total. The van der Waals surface area contributed by atoms with Gasteiger partial charge in [0.15, 0.2) is 17.3 Å². The van der Waals surface area contributed by atoms with Crippen molar-refractivity contribution < 1.29 is 19.0 Å². The van der Waals surface area contributed by atoms with E-state index in [1.807, 2.05) is 0 Å². The molecule has 0 radical (unpaired) electrons. The fourth-order valence-electron chi connectivity index (χ4n) is 2.39. The van der Waals surface area contributed by atoms with Gasteiger partial charge in [0.05, 0.1) is 6.54 Å². The Bertz CT molecular complexity index is 942. The second kappa shape index (κ2) is 6.56. The maximum atomic E-state index is 13.3. The average Bonchev–Trinajstić information content (AvgIpc) is 2.59. The molecule has 1 aliphatic rings. The molecule has 2 aromatic rings. The van der Waals surface area contributed by atoms with Gasteiger partial charge in [0.2, 0.25) is 5.75 Å². The molecular weight excluding hydrogens is 353 g/mol. The largest absolute Gasteiger partial charge is 0.501 e. The van der Waals surface area contributed by atoms with Gasteiger partial charge in [0.1, 0.15) is 12.4 Å². The third-order valence-electron chi connectivity index (χ3n) is 3.65. The summed E-state index contributed by atoms with van der Waals surface area (Å²) in [6.07, 6.45) is 0. The summed E-state index contributed by atoms with van der Waals surface area (Å²) in [5.41, 5.74) is -0.879. The first kappa shape index (κ1) is 17.0. The standard InChI is InChI=1S/C16H13ClFN3O4/c1-8-14-20-12(13(22)16(24)21(14)4-5-25-8)15(23)19-7-9-6-10(18)2-3-11(9)17/h2-3,6,22H,1,4-5,7H2,(H,19,23). The van der Waals surface area contributed by atoms with E-state index in [1.165, 1.54) is 22.8 Å². The molecule has 0 saturated heterocycles. The van der Waals surface area contributed by atoms with E-state index in [0.29, 0.717) is 5.56 Å². The van der Waals surface area contributed by atoms with Gasteiger partial charge in [0.25, 0.3) is 11.5 Å². The van der Waals surface area contributed by atoms with E-state index in [1.54, 1.807) is 0 Å². The predicted octanol–water partition coefficient (Wildman–Crippen LogP) is 1.67. The van der Waals surface area contributed by atoms with Crippen molar-refractivity contribution in [3.8, 4) is 5.75 Å². The zero-order valence-electron chi connectivity index (χ0n) is 12.9. The van der Waals surface area contributed by atoms with Crippen LogP contribution in [0.2, 0.25) is 5.02 Å². The van der Waals surface area contributed by atoms with Gasteiger partial charge in [-0.2, -0.15) is 0 Å². The Balaban J connectivity index is 1.89. The maximum Gasteiger partial charge on any atom is 0.297 e. The molecule has 2 heterocycles. The summed E-state index contributed by atoms with van der Waals surface area (Å²) >= 11 is 5.93. The SMILES string of the molecule is C=C1OCCn2c1nc(C(=O)NCc1cc(F)ccc1Cl)c(O)c2=O. The molecule has 0 atom stereocenters. The van der Waals surface area contributed by atoms with E-state index >= 15 is 0 Å². The molecule has 0 unspecified atom stereocenters. The minimum atomic E-state index is -0.809. The number of aromatic nitrogens is 2. The number of halogens is 2. The van der Waals surface area contributed by atoms with Crippen molar-refractivity contribution in [1.29, 1.82) is 0 Å². The second-order valence-electron chi connectivity index (χ2n) is 5.28. The van der Waals surface area contributed by atoms with Crippen molar-refractivity contribution in [2.45, 2.75) is 13.1 Å². The molecule has 9 heteroatoms. The summed E-state index contributed by atoms with van der Waals surface area (Å²) in [6, 6.07) is 3.73. The number of benzene rings is 1. The lowest BCUT2D eigenvalue weighted by Gasteiger charge is -2.21. The summed E-state index contributed by atoms with van der Waals surface area (Å²) in [5.74, 6) is -1.89. The summed E-state index contributed by atoms with van der Waals surface area (Å²) < 4.78 is 19.6. The number of carbonyl (C=O) groups excluding carboxylic acids is 1. The number of hydrogen-bond acceptors (Lipinski definition) is 5. The van der Waals surface area contributed by atoms with Crippen LogP contribution in [0.3, 0.4) is 0 Å². The highest BCUT2D eigenvalue weighted by molar-refractivity contribution is 6.31. The number of amides is 1. The number of hydrogen-bond donors (Lipinski definition) is 2. The van der Waals surface area contributed by atoms with Gasteiger partial charge in [-0.15, -0.1) is 0 Å². The fraction of sp³-hybridized carbons (Fsp3) is 0.188. The number of aromatic hydroxyl groups is 1. The number of nitrogens with one attached hydrogen (secondary N) is 1. The lowest BCUT2D eigenvalue weighted by molar-refractivity contribution is 0.0941. The molecular formula is C16H13ClFN3O4. The first-order valence-corrected chi connectivity index (χ1v) is 7.64. The Labute approximate surface area is 146 Å². The summed E-state index contributed by atoms with van der Waals surface area (Å²) in [7, 11) is 0. The monoisotopic (exact) mass is 365 g/mol. The van der Waals surface area contributed by atoms with Gasteiger partial charge in [-0.1, -0.05) is 18.2 Å². The highest BCUT2D eigenvalue weighted by Crippen LogP contribution is 2.20. The van der Waals surface area contributed by atoms with Crippen LogP contribution in [0.1, 0.15) is 21.9 Å². The zero-order chi connectivity index (χ0) is 18.1. The van der Waals surface area contributed by atoms with E-state index in [0.717, 1.165) is 0 Å². The Hall–Kier alpha value is -2.87. The van der Waals surface area contributed by atoms with Crippen LogP contribution in [0.25, 0.3) is 5.76 Å². The Morgan fingerprint density at radius 2 is 2.28 bits per heavy atom. The summed E-state index contributed by atoms with van der Waals surface area (Å²) in [4.78, 5) is 28.4. The van der Waals surface area contributed by atoms with Crippen LogP contribution in [-0.2, 0) is 17.8 Å². The summed E-state index contributed by atoms with van der Waals surface area (Å²) in [6.45, 7) is 3.93. The number of carbonyl (C=O) groups is 1. The molecule has 1 aromatic heterocycles. The van der Waals surface area contributed by atoms with Crippen molar-refractivity contribution in [3.05, 3.63) is 63.1 Å². The molecule has 3 rings (SSSR count). The van der Waals surface area contributed by atoms with Gasteiger partial charge in [0, 0.05) is 11.6 Å². The molecule has 1 amide bonds. The minimum Gasteiger partial charge on any atom is -0.501 e. The molecule has 130 valence electrons. The zero-order valence-corrected chi connectivity index (χ0v) is 13.6. The quantitative estimate of drug-likeness (QED) is 0.863. The number of rotatable bonds is 3. The summed E-state index contributed by atoms with van der Waals surface area (Å²) in [5, 5.41) is 12.7. The normalized spacial score (nSPS) is 13.1. The van der Waals surface area contributed by atoms with Crippen molar-refractivity contribution in [2.75, 3.05) is 6.61 Å². The first-order valence-electron chi connectivity index (χ1n) is 7.26. The highest BCUT2D eigenvalue weighted by atomic mass is 35.5. The van der Waals surface area contributed by atoms with Crippen molar-refractivity contribution in [3.63, 3.8) is 0 Å². The van der Waals surface area contributed by atoms with Gasteiger partial charge >= 0.3 is 0 Å². The van der Waals surface area contributed by atoms with Crippen LogP contribution in [0.5, 0.6) is 5.75 Å². The van der Waals surface area contributed by atoms with E-state index in [9.17, 15) is 19.1 Å². The van der Waals surface area contributed by atoms with Crippen LogP contribution in [0.15, 0.2) is 29.6 Å². The van der Waals surface area contributed by atoms with Gasteiger partial charge in [-0.25, -0.2) is 9.37 Å². The van der Waals surface area contributed by atoms with Crippen LogP contribution in [0, 0.1) is 5.82 Å². The number of ether oxygens (including phenoxy) is 1. The minimum absolute atomic E-state index is 0.0722. The molecule has 2 N–H and O–H groups in total. The molecule has 0 saturated carbocycles. The topological polar surface area (TPSA) is 93.5 Å². The fourth-order valence-corrected chi connectivity index (χ4v) is 2.57. The Kier molecular flexibility index (Phi) is 4.45. The molecule has 0 spiro atoms. The van der Waals surface area contributed by atoms with E-state index in [2.05, 4.69) is 16.9 Å². The first-order chi connectivity index (χ1) is 11.9. The Morgan fingerprint density at radius 1 is 1.52 bits per heavy atom. The number of fused-ring (bicyclic) bond motifs is 1. The van der Waals surface area contributed by atoms with Crippen LogP contribution in [0.4, 0.5) is 4.39 Å². The van der Waals surface area contributed by atoms with E-state index < -0.39 is 28.7 Å². The van der Waals surface area contributed by atoms with Gasteiger partial charge < -0.3 is 15.2 Å². The van der Waals surface area contributed by atoms with Gasteiger partial charge in [-0.3, -0.25) is 14.2 Å². The third-order valence-corrected chi connectivity index (χ3v) is 4.02.